The van der Waals surface area contributed by atoms with Gasteiger partial charge in [0, 0.05) is 5.56 Å². The minimum Gasteiger partial charge on any atom is -0.462 e. The molecule has 0 saturated carbocycles. The molecule has 0 fully saturated rings. The van der Waals surface area contributed by atoms with E-state index in [1.807, 2.05) is 0 Å². The molecule has 1 heterocycles. The zero-order chi connectivity index (χ0) is 11.6. The standard InChI is InChI=1S/C9H9F3O3/c1-3-14-8(13)6-5(2)4-15-7(6)9(10,11)12/h4H,3H2,1-2H3. The smallest absolute Gasteiger partial charge is 0.450 e. The Balaban J connectivity index is 3.16. The van der Waals surface area contributed by atoms with Crippen molar-refractivity contribution in [2.24, 2.45) is 0 Å². The predicted molar refractivity (Wildman–Crippen MR) is 44.4 cm³/mol. The van der Waals surface area contributed by atoms with E-state index in [1.54, 1.807) is 0 Å². The van der Waals surface area contributed by atoms with Crippen molar-refractivity contribution in [1.82, 2.24) is 0 Å². The lowest BCUT2D eigenvalue weighted by Crippen LogP contribution is -2.13. The number of carbonyl (C=O) groups is 1. The number of aryl methyl sites for hydroxylation is 1. The van der Waals surface area contributed by atoms with Crippen molar-refractivity contribution in [2.75, 3.05) is 6.61 Å². The van der Waals surface area contributed by atoms with E-state index < -0.39 is 23.5 Å². The largest absolute Gasteiger partial charge is 0.462 e. The molecule has 0 aromatic carbocycles. The van der Waals surface area contributed by atoms with Gasteiger partial charge in [0.15, 0.2) is 0 Å². The molecule has 1 rings (SSSR count). The lowest BCUT2D eigenvalue weighted by molar-refractivity contribution is -0.153. The quantitative estimate of drug-likeness (QED) is 0.722. The third-order valence-electron chi connectivity index (χ3n) is 1.71. The first-order valence-corrected chi connectivity index (χ1v) is 4.20. The van der Waals surface area contributed by atoms with Gasteiger partial charge in [-0.1, -0.05) is 0 Å². The molecule has 0 bridgehead atoms. The average Bonchev–Trinajstić information content (AvgIpc) is 2.46. The highest BCUT2D eigenvalue weighted by molar-refractivity contribution is 5.92. The minimum atomic E-state index is -4.68. The highest BCUT2D eigenvalue weighted by Crippen LogP contribution is 2.34. The number of esters is 1. The van der Waals surface area contributed by atoms with Crippen LogP contribution in [0.5, 0.6) is 0 Å². The SMILES string of the molecule is CCOC(=O)c1c(C)coc1C(F)(F)F. The van der Waals surface area contributed by atoms with Gasteiger partial charge in [0.2, 0.25) is 5.76 Å². The molecule has 0 amide bonds. The number of rotatable bonds is 2. The van der Waals surface area contributed by atoms with Crippen LogP contribution in [-0.4, -0.2) is 12.6 Å². The van der Waals surface area contributed by atoms with Gasteiger partial charge >= 0.3 is 12.1 Å². The number of hydrogen-bond donors (Lipinski definition) is 0. The summed E-state index contributed by atoms with van der Waals surface area (Å²) < 4.78 is 45.9. The van der Waals surface area contributed by atoms with Gasteiger partial charge in [-0.05, 0) is 13.8 Å². The molecule has 0 aliphatic rings. The Labute approximate surface area is 83.8 Å². The Hall–Kier alpha value is -1.46. The van der Waals surface area contributed by atoms with E-state index in [0.717, 1.165) is 6.26 Å². The van der Waals surface area contributed by atoms with Crippen LogP contribution < -0.4 is 0 Å². The van der Waals surface area contributed by atoms with Gasteiger partial charge in [-0.15, -0.1) is 0 Å². The fourth-order valence-electron chi connectivity index (χ4n) is 1.11. The summed E-state index contributed by atoms with van der Waals surface area (Å²) in [4.78, 5) is 11.2. The first kappa shape index (κ1) is 11.6. The van der Waals surface area contributed by atoms with Crippen molar-refractivity contribution in [2.45, 2.75) is 20.0 Å². The molecule has 84 valence electrons. The first-order chi connectivity index (χ1) is 6.88. The van der Waals surface area contributed by atoms with E-state index in [9.17, 15) is 18.0 Å². The van der Waals surface area contributed by atoms with Crippen LogP contribution in [0.15, 0.2) is 10.7 Å². The van der Waals surface area contributed by atoms with Gasteiger partial charge in [0.05, 0.1) is 12.9 Å². The van der Waals surface area contributed by atoms with Crippen molar-refractivity contribution < 1.29 is 27.1 Å². The summed E-state index contributed by atoms with van der Waals surface area (Å²) in [6.07, 6.45) is -3.80. The molecule has 0 aliphatic heterocycles. The summed E-state index contributed by atoms with van der Waals surface area (Å²) in [5.74, 6) is -2.32. The van der Waals surface area contributed by atoms with E-state index in [4.69, 9.17) is 0 Å². The highest BCUT2D eigenvalue weighted by atomic mass is 19.4. The van der Waals surface area contributed by atoms with Gasteiger partial charge in [-0.2, -0.15) is 13.2 Å². The predicted octanol–water partition coefficient (Wildman–Crippen LogP) is 2.78. The molecular formula is C9H9F3O3. The summed E-state index contributed by atoms with van der Waals surface area (Å²) in [7, 11) is 0. The van der Waals surface area contributed by atoms with Crippen LogP contribution in [0.2, 0.25) is 0 Å². The molecule has 0 atom stereocenters. The zero-order valence-corrected chi connectivity index (χ0v) is 8.14. The average molecular weight is 222 g/mol. The van der Waals surface area contributed by atoms with Crippen LogP contribution in [0.1, 0.15) is 28.6 Å². The van der Waals surface area contributed by atoms with Crippen LogP contribution in [0, 0.1) is 6.92 Å². The molecule has 0 saturated heterocycles. The van der Waals surface area contributed by atoms with Crippen molar-refractivity contribution in [3.63, 3.8) is 0 Å². The lowest BCUT2D eigenvalue weighted by atomic mass is 10.1. The highest BCUT2D eigenvalue weighted by Gasteiger charge is 2.40. The molecule has 0 N–H and O–H groups in total. The number of ether oxygens (including phenoxy) is 1. The maximum absolute atomic E-state index is 12.4. The van der Waals surface area contributed by atoms with E-state index in [0.29, 0.717) is 0 Å². The molecule has 1 aromatic heterocycles. The van der Waals surface area contributed by atoms with Crippen LogP contribution in [0.25, 0.3) is 0 Å². The number of alkyl halides is 3. The second-order valence-electron chi connectivity index (χ2n) is 2.84. The maximum atomic E-state index is 12.4. The zero-order valence-electron chi connectivity index (χ0n) is 8.14. The third-order valence-corrected chi connectivity index (χ3v) is 1.71. The van der Waals surface area contributed by atoms with E-state index >= 15 is 0 Å². The van der Waals surface area contributed by atoms with Gasteiger partial charge in [0.25, 0.3) is 0 Å². The number of carbonyl (C=O) groups excluding carboxylic acids is 1. The van der Waals surface area contributed by atoms with E-state index in [-0.39, 0.29) is 12.2 Å². The van der Waals surface area contributed by atoms with E-state index in [2.05, 4.69) is 9.15 Å². The second kappa shape index (κ2) is 3.96. The van der Waals surface area contributed by atoms with Gasteiger partial charge in [0.1, 0.15) is 5.56 Å². The molecule has 15 heavy (non-hydrogen) atoms. The molecule has 3 nitrogen and oxygen atoms in total. The van der Waals surface area contributed by atoms with Crippen molar-refractivity contribution in [3.05, 3.63) is 23.2 Å². The van der Waals surface area contributed by atoms with E-state index in [1.165, 1.54) is 13.8 Å². The monoisotopic (exact) mass is 222 g/mol. The van der Waals surface area contributed by atoms with Crippen LogP contribution in [-0.2, 0) is 10.9 Å². The molecular weight excluding hydrogens is 213 g/mol. The normalized spacial score (nSPS) is 11.5. The summed E-state index contributed by atoms with van der Waals surface area (Å²) in [5, 5.41) is 0. The Morgan fingerprint density at radius 3 is 2.60 bits per heavy atom. The summed E-state index contributed by atoms with van der Waals surface area (Å²) >= 11 is 0. The molecule has 6 heteroatoms. The number of halogens is 3. The summed E-state index contributed by atoms with van der Waals surface area (Å²) in [6.45, 7) is 2.88. The molecule has 0 spiro atoms. The Kier molecular flexibility index (Phi) is 3.06. The first-order valence-electron chi connectivity index (χ1n) is 4.20. The van der Waals surface area contributed by atoms with Crippen molar-refractivity contribution >= 4 is 5.97 Å². The van der Waals surface area contributed by atoms with Gasteiger partial charge in [-0.3, -0.25) is 0 Å². The van der Waals surface area contributed by atoms with Crippen LogP contribution >= 0.6 is 0 Å². The summed E-state index contributed by atoms with van der Waals surface area (Å²) in [5.41, 5.74) is -0.440. The fraction of sp³-hybridized carbons (Fsp3) is 0.444. The molecule has 0 unspecified atom stereocenters. The Morgan fingerprint density at radius 1 is 1.53 bits per heavy atom. The van der Waals surface area contributed by atoms with Gasteiger partial charge < -0.3 is 9.15 Å². The third kappa shape index (κ3) is 2.31. The fourth-order valence-corrected chi connectivity index (χ4v) is 1.11. The summed E-state index contributed by atoms with van der Waals surface area (Å²) in [6, 6.07) is 0. The van der Waals surface area contributed by atoms with Crippen LogP contribution in [0.4, 0.5) is 13.2 Å². The second-order valence-corrected chi connectivity index (χ2v) is 2.84. The Bertz CT molecular complexity index is 365. The van der Waals surface area contributed by atoms with Crippen molar-refractivity contribution in [1.29, 1.82) is 0 Å². The topological polar surface area (TPSA) is 39.4 Å². The van der Waals surface area contributed by atoms with Gasteiger partial charge in [-0.25, -0.2) is 4.79 Å². The van der Waals surface area contributed by atoms with Crippen molar-refractivity contribution in [3.8, 4) is 0 Å². The minimum absolute atomic E-state index is 0.0146. The molecule has 0 aliphatic carbocycles. The molecule has 0 radical (unpaired) electrons. The number of hydrogen-bond acceptors (Lipinski definition) is 3. The maximum Gasteiger partial charge on any atom is 0.450 e. The lowest BCUT2D eigenvalue weighted by Gasteiger charge is -2.06. The Morgan fingerprint density at radius 2 is 2.13 bits per heavy atom. The molecule has 1 aromatic rings. The number of furan rings is 1. The van der Waals surface area contributed by atoms with Crippen LogP contribution in [0.3, 0.4) is 0 Å².